The molecule has 3 aliphatic rings. The third-order valence-corrected chi connectivity index (χ3v) is 6.33. The molecule has 1 aliphatic heterocycles. The number of anilines is 1. The molecule has 1 heterocycles. The number of hydrogen-bond donors (Lipinski definition) is 1. The fraction of sp³-hybridized carbons (Fsp3) is 0.619. The minimum atomic E-state index is -0.486. The van der Waals surface area contributed by atoms with Crippen molar-refractivity contribution in [1.29, 1.82) is 0 Å². The van der Waals surface area contributed by atoms with Crippen LogP contribution in [0.1, 0.15) is 51.9 Å². The van der Waals surface area contributed by atoms with E-state index in [0.717, 1.165) is 63.1 Å². The van der Waals surface area contributed by atoms with Gasteiger partial charge in [-0.15, -0.1) is 0 Å². The zero-order chi connectivity index (χ0) is 18.2. The molecule has 0 aromatic heterocycles. The maximum atomic E-state index is 13.2. The molecule has 140 valence electrons. The maximum Gasteiger partial charge on any atom is 0.231 e. The summed E-state index contributed by atoms with van der Waals surface area (Å²) >= 11 is 0. The van der Waals surface area contributed by atoms with Gasteiger partial charge in [-0.3, -0.25) is 9.59 Å². The Bertz CT molecular complexity index is 684. The summed E-state index contributed by atoms with van der Waals surface area (Å²) in [5, 5.41) is 3.05. The van der Waals surface area contributed by atoms with Crippen molar-refractivity contribution in [3.8, 4) is 5.75 Å². The van der Waals surface area contributed by atoms with Crippen LogP contribution < -0.4 is 10.1 Å². The van der Waals surface area contributed by atoms with Gasteiger partial charge in [0.2, 0.25) is 11.8 Å². The summed E-state index contributed by atoms with van der Waals surface area (Å²) in [6, 6.07) is 7.46. The number of benzene rings is 1. The van der Waals surface area contributed by atoms with Crippen molar-refractivity contribution in [1.82, 2.24) is 4.90 Å². The first-order valence-electron chi connectivity index (χ1n) is 9.95. The van der Waals surface area contributed by atoms with Gasteiger partial charge in [-0.05, 0) is 76.1 Å². The number of ether oxygens (including phenoxy) is 1. The third-order valence-electron chi connectivity index (χ3n) is 6.33. The normalized spacial score (nSPS) is 22.4. The molecular weight excluding hydrogens is 328 g/mol. The molecule has 26 heavy (non-hydrogen) atoms. The monoisotopic (exact) mass is 356 g/mol. The molecule has 5 heteroatoms. The fourth-order valence-electron chi connectivity index (χ4n) is 4.52. The van der Waals surface area contributed by atoms with Crippen LogP contribution in [0.2, 0.25) is 0 Å². The average molecular weight is 356 g/mol. The molecule has 0 spiro atoms. The Labute approximate surface area is 155 Å². The van der Waals surface area contributed by atoms with Crippen LogP contribution in [-0.2, 0) is 9.59 Å². The number of likely N-dealkylation sites (tertiary alicyclic amines) is 1. The van der Waals surface area contributed by atoms with Gasteiger partial charge < -0.3 is 15.0 Å². The quantitative estimate of drug-likeness (QED) is 0.847. The summed E-state index contributed by atoms with van der Waals surface area (Å²) in [5.74, 6) is 1.05. The molecule has 0 unspecified atom stereocenters. The molecule has 1 aromatic rings. The van der Waals surface area contributed by atoms with Gasteiger partial charge in [0, 0.05) is 18.8 Å². The van der Waals surface area contributed by atoms with Crippen LogP contribution in [0.25, 0.3) is 0 Å². The lowest BCUT2D eigenvalue weighted by molar-refractivity contribution is -0.144. The summed E-state index contributed by atoms with van der Waals surface area (Å²) in [6.07, 6.45) is 6.77. The molecule has 2 aliphatic carbocycles. The van der Waals surface area contributed by atoms with Gasteiger partial charge in [0.05, 0.1) is 17.4 Å². The number of carbonyl (C=O) groups is 2. The first-order chi connectivity index (χ1) is 12.6. The Morgan fingerprint density at radius 3 is 2.15 bits per heavy atom. The number of nitrogens with zero attached hydrogens (tertiary/aromatic N) is 1. The van der Waals surface area contributed by atoms with Gasteiger partial charge in [-0.2, -0.15) is 0 Å². The zero-order valence-electron chi connectivity index (χ0n) is 15.6. The second-order valence-electron chi connectivity index (χ2n) is 7.93. The van der Waals surface area contributed by atoms with Crippen molar-refractivity contribution in [2.24, 2.45) is 10.8 Å². The minimum absolute atomic E-state index is 0.0181. The van der Waals surface area contributed by atoms with E-state index in [2.05, 4.69) is 5.32 Å². The van der Waals surface area contributed by atoms with Gasteiger partial charge in [0.25, 0.3) is 0 Å². The van der Waals surface area contributed by atoms with E-state index in [1.54, 1.807) is 0 Å². The van der Waals surface area contributed by atoms with Crippen molar-refractivity contribution >= 4 is 17.5 Å². The molecule has 1 saturated heterocycles. The van der Waals surface area contributed by atoms with Crippen LogP contribution in [0.15, 0.2) is 24.3 Å². The summed E-state index contributed by atoms with van der Waals surface area (Å²) in [7, 11) is 0. The van der Waals surface area contributed by atoms with Crippen molar-refractivity contribution < 1.29 is 14.3 Å². The Kier molecular flexibility index (Phi) is 4.41. The molecule has 0 bridgehead atoms. The smallest absolute Gasteiger partial charge is 0.231 e. The standard InChI is InChI=1S/C21H28N2O3/c1-2-26-17-8-6-16(7-9-17)22-18(24)20(10-11-20)21(12-13-21)19(25)23-14-4-3-5-15-23/h6-9H,2-5,10-15H2,1H3,(H,22,24). The van der Waals surface area contributed by atoms with Gasteiger partial charge in [-0.1, -0.05) is 0 Å². The molecule has 0 atom stereocenters. The van der Waals surface area contributed by atoms with Crippen LogP contribution >= 0.6 is 0 Å². The van der Waals surface area contributed by atoms with Crippen molar-refractivity contribution in [3.63, 3.8) is 0 Å². The van der Waals surface area contributed by atoms with Gasteiger partial charge >= 0.3 is 0 Å². The van der Waals surface area contributed by atoms with Crippen LogP contribution in [-0.4, -0.2) is 36.4 Å². The Hall–Kier alpha value is -2.04. The van der Waals surface area contributed by atoms with Gasteiger partial charge in [0.15, 0.2) is 0 Å². The van der Waals surface area contributed by atoms with Crippen LogP contribution in [0.4, 0.5) is 5.69 Å². The lowest BCUT2D eigenvalue weighted by Gasteiger charge is -2.34. The number of piperidine rings is 1. The predicted molar refractivity (Wildman–Crippen MR) is 100 cm³/mol. The number of carbonyl (C=O) groups excluding carboxylic acids is 2. The van der Waals surface area contributed by atoms with E-state index in [4.69, 9.17) is 4.74 Å². The van der Waals surface area contributed by atoms with E-state index in [9.17, 15) is 9.59 Å². The SMILES string of the molecule is CCOc1ccc(NC(=O)C2(C3(C(=O)N4CCCCC4)CC3)CC2)cc1. The molecular formula is C21H28N2O3. The molecule has 3 fully saturated rings. The Morgan fingerprint density at radius 1 is 1.00 bits per heavy atom. The highest BCUT2D eigenvalue weighted by Gasteiger charge is 2.73. The van der Waals surface area contributed by atoms with E-state index >= 15 is 0 Å². The molecule has 4 rings (SSSR count). The van der Waals surface area contributed by atoms with E-state index in [1.165, 1.54) is 6.42 Å². The zero-order valence-corrected chi connectivity index (χ0v) is 15.6. The number of nitrogens with one attached hydrogen (secondary N) is 1. The highest BCUT2D eigenvalue weighted by atomic mass is 16.5. The third kappa shape index (κ3) is 2.87. The molecule has 1 aromatic carbocycles. The Morgan fingerprint density at radius 2 is 1.62 bits per heavy atom. The van der Waals surface area contributed by atoms with E-state index in [1.807, 2.05) is 36.1 Å². The first-order valence-corrected chi connectivity index (χ1v) is 9.95. The topological polar surface area (TPSA) is 58.6 Å². The highest BCUT2D eigenvalue weighted by Crippen LogP contribution is 2.71. The first kappa shape index (κ1) is 17.4. The van der Waals surface area contributed by atoms with E-state index < -0.39 is 10.8 Å². The molecule has 1 N–H and O–H groups in total. The second kappa shape index (κ2) is 6.60. The fourth-order valence-corrected chi connectivity index (χ4v) is 4.52. The summed E-state index contributed by atoms with van der Waals surface area (Å²) < 4.78 is 5.45. The molecule has 0 radical (unpaired) electrons. The summed E-state index contributed by atoms with van der Waals surface area (Å²) in [4.78, 5) is 28.3. The molecule has 5 nitrogen and oxygen atoms in total. The van der Waals surface area contributed by atoms with Gasteiger partial charge in [-0.25, -0.2) is 0 Å². The average Bonchev–Trinajstić information content (AvgIpc) is 3.56. The number of amides is 2. The molecule has 2 saturated carbocycles. The second-order valence-corrected chi connectivity index (χ2v) is 7.93. The number of rotatable bonds is 6. The van der Waals surface area contributed by atoms with Crippen molar-refractivity contribution in [3.05, 3.63) is 24.3 Å². The van der Waals surface area contributed by atoms with Crippen molar-refractivity contribution in [2.75, 3.05) is 25.0 Å². The summed E-state index contributed by atoms with van der Waals surface area (Å²) in [5.41, 5.74) is -0.147. The lowest BCUT2D eigenvalue weighted by atomic mass is 9.82. The van der Waals surface area contributed by atoms with Crippen LogP contribution in [0.3, 0.4) is 0 Å². The van der Waals surface area contributed by atoms with Gasteiger partial charge in [0.1, 0.15) is 5.75 Å². The van der Waals surface area contributed by atoms with Crippen LogP contribution in [0.5, 0.6) is 5.75 Å². The lowest BCUT2D eigenvalue weighted by Crippen LogP contribution is -2.47. The predicted octanol–water partition coefficient (Wildman–Crippen LogP) is 3.60. The molecule has 2 amide bonds. The summed E-state index contributed by atoms with van der Waals surface area (Å²) in [6.45, 7) is 4.28. The minimum Gasteiger partial charge on any atom is -0.494 e. The highest BCUT2D eigenvalue weighted by molar-refractivity contribution is 6.03. The number of hydrogen-bond acceptors (Lipinski definition) is 3. The van der Waals surface area contributed by atoms with Crippen LogP contribution in [0, 0.1) is 10.8 Å². The van der Waals surface area contributed by atoms with E-state index in [0.29, 0.717) is 6.61 Å². The van der Waals surface area contributed by atoms with Crippen molar-refractivity contribution in [2.45, 2.75) is 51.9 Å². The Balaban J connectivity index is 1.46. The van der Waals surface area contributed by atoms with E-state index in [-0.39, 0.29) is 11.8 Å². The maximum absolute atomic E-state index is 13.2. The largest absolute Gasteiger partial charge is 0.494 e.